The van der Waals surface area contributed by atoms with Crippen molar-refractivity contribution in [3.63, 3.8) is 0 Å². The Kier molecular flexibility index (Phi) is 6.25. The molecule has 0 aromatic heterocycles. The van der Waals surface area contributed by atoms with Crippen molar-refractivity contribution in [2.24, 2.45) is 5.73 Å². The minimum Gasteiger partial charge on any atom is -0.353 e. The summed E-state index contributed by atoms with van der Waals surface area (Å²) in [6.45, 7) is 0. The molecule has 1 aliphatic carbocycles. The predicted octanol–water partition coefficient (Wildman–Crippen LogP) is 2.18. The quantitative estimate of drug-likeness (QED) is 0.895. The van der Waals surface area contributed by atoms with Gasteiger partial charge < -0.3 is 11.1 Å². The summed E-state index contributed by atoms with van der Waals surface area (Å²) in [7, 11) is 0. The van der Waals surface area contributed by atoms with E-state index in [9.17, 15) is 9.18 Å². The van der Waals surface area contributed by atoms with Crippen LogP contribution in [0, 0.1) is 5.82 Å². The molecule has 1 saturated carbocycles. The minimum absolute atomic E-state index is 0. The average Bonchev–Trinajstić information content (AvgIpc) is 2.35. The Hall–Kier alpha value is -1.13. The topological polar surface area (TPSA) is 55.1 Å². The maximum atomic E-state index is 13.4. The van der Waals surface area contributed by atoms with Crippen LogP contribution in [0.1, 0.15) is 31.2 Å². The zero-order valence-corrected chi connectivity index (χ0v) is 11.6. The molecule has 0 saturated heterocycles. The molecule has 0 bridgehead atoms. The van der Waals surface area contributed by atoms with E-state index in [4.69, 9.17) is 5.73 Å². The second-order valence-corrected chi connectivity index (χ2v) is 4.95. The summed E-state index contributed by atoms with van der Waals surface area (Å²) < 4.78 is 13.4. The van der Waals surface area contributed by atoms with Gasteiger partial charge in [-0.05, 0) is 37.3 Å². The Bertz CT molecular complexity index is 420. The van der Waals surface area contributed by atoms with Crippen molar-refractivity contribution < 1.29 is 9.18 Å². The normalized spacial score (nSPS) is 22.4. The van der Waals surface area contributed by atoms with Crippen LogP contribution in [0.5, 0.6) is 0 Å². The number of carbonyl (C=O) groups excluding carboxylic acids is 1. The van der Waals surface area contributed by atoms with E-state index in [2.05, 4.69) is 5.32 Å². The van der Waals surface area contributed by atoms with E-state index in [0.717, 1.165) is 25.7 Å². The van der Waals surface area contributed by atoms with Gasteiger partial charge in [0.25, 0.3) is 0 Å². The maximum Gasteiger partial charge on any atom is 0.224 e. The van der Waals surface area contributed by atoms with Crippen LogP contribution in [0.4, 0.5) is 4.39 Å². The fourth-order valence-electron chi connectivity index (χ4n) is 2.36. The van der Waals surface area contributed by atoms with Crippen molar-refractivity contribution in [3.05, 3.63) is 35.6 Å². The molecule has 2 rings (SSSR count). The summed E-state index contributed by atoms with van der Waals surface area (Å²) >= 11 is 0. The van der Waals surface area contributed by atoms with E-state index in [-0.39, 0.29) is 42.6 Å². The standard InChI is InChI=1S/C14H19FN2O.ClH/c15-13-4-2-1-3-10(13)9-14(18)17-12-7-5-11(16)6-8-12;/h1-4,11-12H,5-9,16H2,(H,17,18);1H. The molecule has 0 aliphatic heterocycles. The van der Waals surface area contributed by atoms with Crippen molar-refractivity contribution in [1.29, 1.82) is 0 Å². The van der Waals surface area contributed by atoms with Crippen molar-refractivity contribution in [1.82, 2.24) is 5.32 Å². The van der Waals surface area contributed by atoms with Crippen LogP contribution in [-0.2, 0) is 11.2 Å². The third kappa shape index (κ3) is 4.80. The van der Waals surface area contributed by atoms with E-state index >= 15 is 0 Å². The lowest BCUT2D eigenvalue weighted by Crippen LogP contribution is -2.41. The lowest BCUT2D eigenvalue weighted by atomic mass is 9.91. The lowest BCUT2D eigenvalue weighted by Gasteiger charge is -2.26. The summed E-state index contributed by atoms with van der Waals surface area (Å²) in [4.78, 5) is 11.8. The van der Waals surface area contributed by atoms with Gasteiger partial charge in [0.15, 0.2) is 0 Å². The maximum absolute atomic E-state index is 13.4. The first-order chi connectivity index (χ1) is 8.65. The van der Waals surface area contributed by atoms with Crippen LogP contribution in [-0.4, -0.2) is 18.0 Å². The highest BCUT2D eigenvalue weighted by molar-refractivity contribution is 5.85. The molecule has 0 unspecified atom stereocenters. The number of benzene rings is 1. The molecule has 19 heavy (non-hydrogen) atoms. The second-order valence-electron chi connectivity index (χ2n) is 4.95. The highest BCUT2D eigenvalue weighted by Gasteiger charge is 2.20. The molecule has 1 aromatic carbocycles. The van der Waals surface area contributed by atoms with Gasteiger partial charge in [-0.15, -0.1) is 12.4 Å². The van der Waals surface area contributed by atoms with Crippen LogP contribution in [0.3, 0.4) is 0 Å². The fraction of sp³-hybridized carbons (Fsp3) is 0.500. The first-order valence-corrected chi connectivity index (χ1v) is 6.43. The smallest absolute Gasteiger partial charge is 0.224 e. The lowest BCUT2D eigenvalue weighted by molar-refractivity contribution is -0.121. The zero-order valence-electron chi connectivity index (χ0n) is 10.8. The Balaban J connectivity index is 0.00000180. The number of hydrogen-bond acceptors (Lipinski definition) is 2. The van der Waals surface area contributed by atoms with Gasteiger partial charge >= 0.3 is 0 Å². The molecule has 0 heterocycles. The summed E-state index contributed by atoms with van der Waals surface area (Å²) in [6, 6.07) is 6.85. The highest BCUT2D eigenvalue weighted by atomic mass is 35.5. The number of amides is 1. The van der Waals surface area contributed by atoms with E-state index in [1.54, 1.807) is 18.2 Å². The van der Waals surface area contributed by atoms with Gasteiger partial charge in [-0.25, -0.2) is 4.39 Å². The number of nitrogens with one attached hydrogen (secondary N) is 1. The van der Waals surface area contributed by atoms with Crippen molar-refractivity contribution in [2.75, 3.05) is 0 Å². The number of hydrogen-bond donors (Lipinski definition) is 2. The molecule has 0 radical (unpaired) electrons. The predicted molar refractivity (Wildman–Crippen MR) is 75.7 cm³/mol. The first kappa shape index (κ1) is 15.9. The zero-order chi connectivity index (χ0) is 13.0. The third-order valence-corrected chi connectivity index (χ3v) is 3.45. The largest absolute Gasteiger partial charge is 0.353 e. The average molecular weight is 287 g/mol. The van der Waals surface area contributed by atoms with Crippen LogP contribution >= 0.6 is 12.4 Å². The molecule has 106 valence electrons. The molecular weight excluding hydrogens is 267 g/mol. The molecular formula is C14H20ClFN2O. The minimum atomic E-state index is -0.321. The second kappa shape index (κ2) is 7.46. The van der Waals surface area contributed by atoms with Crippen LogP contribution in [0.2, 0.25) is 0 Å². The Morgan fingerprint density at radius 3 is 2.53 bits per heavy atom. The first-order valence-electron chi connectivity index (χ1n) is 6.43. The number of halogens is 2. The number of carbonyl (C=O) groups is 1. The molecule has 1 aliphatic rings. The summed E-state index contributed by atoms with van der Waals surface area (Å²) in [5, 5.41) is 2.95. The van der Waals surface area contributed by atoms with E-state index in [0.29, 0.717) is 5.56 Å². The van der Waals surface area contributed by atoms with Gasteiger partial charge in [-0.3, -0.25) is 4.79 Å². The molecule has 0 spiro atoms. The summed E-state index contributed by atoms with van der Waals surface area (Å²) in [5.41, 5.74) is 6.26. The van der Waals surface area contributed by atoms with E-state index in [1.165, 1.54) is 6.07 Å². The molecule has 1 fully saturated rings. The summed E-state index contributed by atoms with van der Waals surface area (Å²) in [6.07, 6.45) is 3.85. The molecule has 0 atom stereocenters. The third-order valence-electron chi connectivity index (χ3n) is 3.45. The molecule has 1 amide bonds. The van der Waals surface area contributed by atoms with Gasteiger partial charge in [0.1, 0.15) is 5.82 Å². The SMILES string of the molecule is Cl.NC1CCC(NC(=O)Cc2ccccc2F)CC1. The van der Waals surface area contributed by atoms with E-state index < -0.39 is 0 Å². The fourth-order valence-corrected chi connectivity index (χ4v) is 2.36. The van der Waals surface area contributed by atoms with Crippen molar-refractivity contribution in [2.45, 2.75) is 44.2 Å². The van der Waals surface area contributed by atoms with E-state index in [1.807, 2.05) is 0 Å². The van der Waals surface area contributed by atoms with Gasteiger partial charge in [-0.1, -0.05) is 18.2 Å². The number of rotatable bonds is 3. The Morgan fingerprint density at radius 1 is 1.26 bits per heavy atom. The monoisotopic (exact) mass is 286 g/mol. The molecule has 1 aromatic rings. The molecule has 5 heteroatoms. The van der Waals surface area contributed by atoms with Crippen LogP contribution in [0.25, 0.3) is 0 Å². The van der Waals surface area contributed by atoms with Gasteiger partial charge in [0, 0.05) is 12.1 Å². The summed E-state index contributed by atoms with van der Waals surface area (Å²) in [5.74, 6) is -0.432. The highest BCUT2D eigenvalue weighted by Crippen LogP contribution is 2.17. The van der Waals surface area contributed by atoms with Crippen LogP contribution < -0.4 is 11.1 Å². The number of nitrogens with two attached hydrogens (primary N) is 1. The van der Waals surface area contributed by atoms with Crippen molar-refractivity contribution >= 4 is 18.3 Å². The molecule has 3 N–H and O–H groups in total. The Labute approximate surface area is 119 Å². The van der Waals surface area contributed by atoms with Gasteiger partial charge in [-0.2, -0.15) is 0 Å². The van der Waals surface area contributed by atoms with Gasteiger partial charge in [0.2, 0.25) is 5.91 Å². The van der Waals surface area contributed by atoms with Gasteiger partial charge in [0.05, 0.1) is 6.42 Å². The molecule has 3 nitrogen and oxygen atoms in total. The van der Waals surface area contributed by atoms with Crippen LogP contribution in [0.15, 0.2) is 24.3 Å². The Morgan fingerprint density at radius 2 is 1.89 bits per heavy atom. The van der Waals surface area contributed by atoms with Crippen molar-refractivity contribution in [3.8, 4) is 0 Å².